The number of nitrogens with one attached hydrogen (secondary N) is 1. The van der Waals surface area contributed by atoms with E-state index in [0.29, 0.717) is 5.92 Å². The molecule has 0 saturated carbocycles. The van der Waals surface area contributed by atoms with Gasteiger partial charge in [-0.25, -0.2) is 0 Å². The molecule has 0 amide bonds. The monoisotopic (exact) mass is 284 g/mol. The van der Waals surface area contributed by atoms with Crippen LogP contribution in [0.1, 0.15) is 45.5 Å². The summed E-state index contributed by atoms with van der Waals surface area (Å²) in [4.78, 5) is 0. The van der Waals surface area contributed by atoms with Crippen molar-refractivity contribution in [1.29, 1.82) is 0 Å². The van der Waals surface area contributed by atoms with E-state index in [2.05, 4.69) is 46.8 Å². The average molecular weight is 284 g/mol. The van der Waals surface area contributed by atoms with Crippen LogP contribution in [0.15, 0.2) is 36.0 Å². The molecule has 0 bridgehead atoms. The third kappa shape index (κ3) is 3.16. The summed E-state index contributed by atoms with van der Waals surface area (Å²) in [7, 11) is 0. The summed E-state index contributed by atoms with van der Waals surface area (Å²) in [6.45, 7) is 7.76. The fourth-order valence-corrected chi connectivity index (χ4v) is 3.43. The Balaban J connectivity index is 1.64. The van der Waals surface area contributed by atoms with E-state index in [9.17, 15) is 0 Å². The molecule has 0 fully saturated rings. The summed E-state index contributed by atoms with van der Waals surface area (Å²) in [6, 6.07) is 6.21. The molecule has 1 aliphatic rings. The summed E-state index contributed by atoms with van der Waals surface area (Å²) in [5.41, 5.74) is 2.44. The zero-order valence-electron chi connectivity index (χ0n) is 13.1. The number of nitrogens with zero attached hydrogens (tertiary/aromatic N) is 3. The van der Waals surface area contributed by atoms with E-state index in [1.807, 2.05) is 24.4 Å². The van der Waals surface area contributed by atoms with E-state index in [0.717, 1.165) is 23.9 Å². The van der Waals surface area contributed by atoms with Crippen LogP contribution in [0, 0.1) is 11.8 Å². The van der Waals surface area contributed by atoms with E-state index < -0.39 is 0 Å². The van der Waals surface area contributed by atoms with Gasteiger partial charge in [-0.15, -0.1) is 10.2 Å². The molecule has 4 heteroatoms. The molecule has 3 rings (SSSR count). The average Bonchev–Trinajstić information content (AvgIpc) is 2.88. The second-order valence-corrected chi connectivity index (χ2v) is 6.41. The van der Waals surface area contributed by atoms with Gasteiger partial charge in [0.2, 0.25) is 0 Å². The molecular formula is C17H24N4. The quantitative estimate of drug-likeness (QED) is 0.875. The standard InChI is InChI=1S/C17H24N4/c1-12-8-13(2)10-15(9-12)11-18-14(3)17-20-19-16-6-4-5-7-21(16)17/h4-8,12,14-15,18H,9-11H2,1-3H3. The van der Waals surface area contributed by atoms with Gasteiger partial charge in [-0.2, -0.15) is 0 Å². The van der Waals surface area contributed by atoms with E-state index in [1.165, 1.54) is 18.4 Å². The summed E-state index contributed by atoms with van der Waals surface area (Å²) >= 11 is 0. The normalized spacial score (nSPS) is 24.0. The molecule has 0 aromatic carbocycles. The highest BCUT2D eigenvalue weighted by Gasteiger charge is 2.20. The van der Waals surface area contributed by atoms with Crippen LogP contribution in [-0.4, -0.2) is 21.1 Å². The van der Waals surface area contributed by atoms with Gasteiger partial charge in [-0.1, -0.05) is 24.6 Å². The molecule has 2 heterocycles. The number of pyridine rings is 1. The minimum atomic E-state index is 0.212. The molecule has 0 spiro atoms. The van der Waals surface area contributed by atoms with E-state index in [-0.39, 0.29) is 6.04 Å². The maximum absolute atomic E-state index is 4.33. The number of aromatic nitrogens is 3. The van der Waals surface area contributed by atoms with Crippen LogP contribution < -0.4 is 5.32 Å². The molecule has 21 heavy (non-hydrogen) atoms. The van der Waals surface area contributed by atoms with Crippen molar-refractivity contribution < 1.29 is 0 Å². The number of hydrogen-bond acceptors (Lipinski definition) is 3. The summed E-state index contributed by atoms with van der Waals surface area (Å²) in [5, 5.41) is 12.2. The lowest BCUT2D eigenvalue weighted by molar-refractivity contribution is 0.363. The Labute approximate surface area is 126 Å². The Kier molecular flexibility index (Phi) is 4.06. The zero-order chi connectivity index (χ0) is 14.8. The zero-order valence-corrected chi connectivity index (χ0v) is 13.1. The molecule has 1 N–H and O–H groups in total. The minimum Gasteiger partial charge on any atom is -0.307 e. The van der Waals surface area contributed by atoms with Crippen LogP contribution in [0.5, 0.6) is 0 Å². The van der Waals surface area contributed by atoms with Crippen molar-refractivity contribution in [2.24, 2.45) is 11.8 Å². The van der Waals surface area contributed by atoms with Crippen molar-refractivity contribution in [3.63, 3.8) is 0 Å². The van der Waals surface area contributed by atoms with E-state index in [1.54, 1.807) is 0 Å². The lowest BCUT2D eigenvalue weighted by Gasteiger charge is -2.26. The van der Waals surface area contributed by atoms with Gasteiger partial charge in [0.05, 0.1) is 6.04 Å². The Bertz CT molecular complexity index is 643. The Hall–Kier alpha value is -1.68. The predicted molar refractivity (Wildman–Crippen MR) is 85.0 cm³/mol. The van der Waals surface area contributed by atoms with Gasteiger partial charge in [-0.3, -0.25) is 4.40 Å². The van der Waals surface area contributed by atoms with Crippen molar-refractivity contribution in [3.8, 4) is 0 Å². The third-order valence-corrected chi connectivity index (χ3v) is 4.32. The van der Waals surface area contributed by atoms with Gasteiger partial charge in [0.25, 0.3) is 0 Å². The lowest BCUT2D eigenvalue weighted by Crippen LogP contribution is -2.29. The van der Waals surface area contributed by atoms with Gasteiger partial charge < -0.3 is 5.32 Å². The molecule has 2 aromatic heterocycles. The van der Waals surface area contributed by atoms with Crippen LogP contribution in [0.25, 0.3) is 5.65 Å². The smallest absolute Gasteiger partial charge is 0.160 e. The summed E-state index contributed by atoms with van der Waals surface area (Å²) in [6.07, 6.45) is 6.92. The highest BCUT2D eigenvalue weighted by atomic mass is 15.3. The van der Waals surface area contributed by atoms with Crippen molar-refractivity contribution in [2.45, 2.75) is 39.7 Å². The SMILES string of the molecule is CC1=CC(C)CC(CNC(C)c2nnc3ccccn23)C1. The van der Waals surface area contributed by atoms with Crippen LogP contribution in [0.3, 0.4) is 0 Å². The lowest BCUT2D eigenvalue weighted by atomic mass is 9.83. The molecule has 3 atom stereocenters. The van der Waals surface area contributed by atoms with Crippen molar-refractivity contribution in [1.82, 2.24) is 19.9 Å². The van der Waals surface area contributed by atoms with Gasteiger partial charge in [0.1, 0.15) is 0 Å². The molecule has 0 aliphatic heterocycles. The van der Waals surface area contributed by atoms with Crippen molar-refractivity contribution >= 4 is 5.65 Å². The topological polar surface area (TPSA) is 42.2 Å². The fourth-order valence-electron chi connectivity index (χ4n) is 3.43. The molecular weight excluding hydrogens is 260 g/mol. The molecule has 4 nitrogen and oxygen atoms in total. The molecule has 112 valence electrons. The van der Waals surface area contributed by atoms with Gasteiger partial charge in [0, 0.05) is 6.20 Å². The third-order valence-electron chi connectivity index (χ3n) is 4.32. The molecule has 0 radical (unpaired) electrons. The predicted octanol–water partition coefficient (Wildman–Crippen LogP) is 3.37. The first-order valence-corrected chi connectivity index (χ1v) is 7.84. The Morgan fingerprint density at radius 1 is 1.38 bits per heavy atom. The van der Waals surface area contributed by atoms with Gasteiger partial charge in [-0.05, 0) is 57.2 Å². The number of fused-ring (bicyclic) bond motifs is 1. The van der Waals surface area contributed by atoms with Gasteiger partial charge in [0.15, 0.2) is 11.5 Å². The van der Waals surface area contributed by atoms with Crippen LogP contribution in [0.2, 0.25) is 0 Å². The summed E-state index contributed by atoms with van der Waals surface area (Å²) < 4.78 is 2.06. The van der Waals surface area contributed by atoms with E-state index in [4.69, 9.17) is 0 Å². The molecule has 2 aromatic rings. The van der Waals surface area contributed by atoms with Crippen LogP contribution >= 0.6 is 0 Å². The highest BCUT2D eigenvalue weighted by molar-refractivity contribution is 5.37. The van der Waals surface area contributed by atoms with Gasteiger partial charge >= 0.3 is 0 Å². The van der Waals surface area contributed by atoms with E-state index >= 15 is 0 Å². The molecule has 1 aliphatic carbocycles. The van der Waals surface area contributed by atoms with Crippen molar-refractivity contribution in [2.75, 3.05) is 6.54 Å². The first-order valence-electron chi connectivity index (χ1n) is 7.84. The number of hydrogen-bond donors (Lipinski definition) is 1. The van der Waals surface area contributed by atoms with Crippen molar-refractivity contribution in [3.05, 3.63) is 41.9 Å². The first kappa shape index (κ1) is 14.3. The summed E-state index contributed by atoms with van der Waals surface area (Å²) in [5.74, 6) is 2.42. The maximum atomic E-state index is 4.33. The van der Waals surface area contributed by atoms with Crippen LogP contribution in [0.4, 0.5) is 0 Å². The maximum Gasteiger partial charge on any atom is 0.160 e. The molecule has 0 saturated heterocycles. The Morgan fingerprint density at radius 3 is 3.05 bits per heavy atom. The second-order valence-electron chi connectivity index (χ2n) is 6.41. The highest BCUT2D eigenvalue weighted by Crippen LogP contribution is 2.27. The number of rotatable bonds is 4. The first-order chi connectivity index (χ1) is 10.1. The second kappa shape index (κ2) is 5.98. The number of allylic oxidation sites excluding steroid dienone is 2. The largest absolute Gasteiger partial charge is 0.307 e. The molecule has 3 unspecified atom stereocenters. The Morgan fingerprint density at radius 2 is 2.24 bits per heavy atom. The minimum absolute atomic E-state index is 0.212. The fraction of sp³-hybridized carbons (Fsp3) is 0.529. The van der Waals surface area contributed by atoms with Crippen LogP contribution in [-0.2, 0) is 0 Å².